The molecule has 3 unspecified atom stereocenters. The Morgan fingerprint density at radius 3 is 2.43 bits per heavy atom. The second kappa shape index (κ2) is 4.16. The molecular weight excluding hydrogens is 168 g/mol. The molecule has 0 amide bonds. The Bertz CT molecular complexity index is 275. The van der Waals surface area contributed by atoms with Crippen LogP contribution in [0.4, 0.5) is 0 Å². The lowest BCUT2D eigenvalue weighted by atomic mass is 9.71. The Labute approximate surface area is 87.3 Å². The van der Waals surface area contributed by atoms with Gasteiger partial charge in [-0.15, -0.1) is 0 Å². The first-order chi connectivity index (χ1) is 6.79. The van der Waals surface area contributed by atoms with E-state index in [1.807, 2.05) is 0 Å². The van der Waals surface area contributed by atoms with Crippen molar-refractivity contribution in [2.45, 2.75) is 39.0 Å². The van der Waals surface area contributed by atoms with Gasteiger partial charge in [0.1, 0.15) is 0 Å². The van der Waals surface area contributed by atoms with Crippen LogP contribution in [-0.4, -0.2) is 0 Å². The van der Waals surface area contributed by atoms with E-state index in [1.165, 1.54) is 19.3 Å². The smallest absolute Gasteiger partial charge is 0.0134 e. The van der Waals surface area contributed by atoms with Gasteiger partial charge in [-0.1, -0.05) is 57.0 Å². The summed E-state index contributed by atoms with van der Waals surface area (Å²) in [5, 5.41) is 0. The molecule has 0 radical (unpaired) electrons. The van der Waals surface area contributed by atoms with Crippen molar-refractivity contribution in [3.8, 4) is 0 Å². The van der Waals surface area contributed by atoms with Crippen LogP contribution < -0.4 is 0 Å². The molecule has 14 heavy (non-hydrogen) atoms. The Morgan fingerprint density at radius 2 is 1.71 bits per heavy atom. The molecule has 0 heterocycles. The number of hydrogen-bond acceptors (Lipinski definition) is 0. The van der Waals surface area contributed by atoms with E-state index in [0.717, 1.165) is 17.8 Å². The fraction of sp³-hybridized carbons (Fsp3) is 0.571. The van der Waals surface area contributed by atoms with Gasteiger partial charge in [-0.05, 0) is 29.7 Å². The van der Waals surface area contributed by atoms with Gasteiger partial charge in [0.25, 0.3) is 0 Å². The molecule has 76 valence electrons. The first-order valence-corrected chi connectivity index (χ1v) is 5.84. The quantitative estimate of drug-likeness (QED) is 0.619. The monoisotopic (exact) mass is 188 g/mol. The van der Waals surface area contributed by atoms with Crippen LogP contribution in [0.2, 0.25) is 0 Å². The second-order valence-corrected chi connectivity index (χ2v) is 4.78. The molecule has 2 rings (SSSR count). The van der Waals surface area contributed by atoms with E-state index in [4.69, 9.17) is 0 Å². The van der Waals surface area contributed by atoms with Crippen LogP contribution in [0.15, 0.2) is 30.3 Å². The largest absolute Gasteiger partial charge is 0.0622 e. The second-order valence-electron chi connectivity index (χ2n) is 4.78. The van der Waals surface area contributed by atoms with E-state index in [0.29, 0.717) is 0 Å². The lowest BCUT2D eigenvalue weighted by molar-refractivity contribution is 0.238. The lowest BCUT2D eigenvalue weighted by Crippen LogP contribution is -2.22. The fourth-order valence-corrected chi connectivity index (χ4v) is 2.75. The summed E-state index contributed by atoms with van der Waals surface area (Å²) >= 11 is 0. The number of hydrogen-bond donors (Lipinski definition) is 0. The van der Waals surface area contributed by atoms with Crippen molar-refractivity contribution in [1.82, 2.24) is 0 Å². The van der Waals surface area contributed by atoms with Crippen molar-refractivity contribution in [1.29, 1.82) is 0 Å². The zero-order valence-electron chi connectivity index (χ0n) is 9.24. The molecular formula is C14H20. The van der Waals surface area contributed by atoms with Gasteiger partial charge in [-0.2, -0.15) is 0 Å². The number of benzene rings is 1. The third-order valence-corrected chi connectivity index (χ3v) is 3.93. The van der Waals surface area contributed by atoms with Crippen LogP contribution >= 0.6 is 0 Å². The highest BCUT2D eigenvalue weighted by Crippen LogP contribution is 2.40. The van der Waals surface area contributed by atoms with Crippen LogP contribution in [-0.2, 0) is 0 Å². The Hall–Kier alpha value is -0.780. The summed E-state index contributed by atoms with van der Waals surface area (Å²) in [7, 11) is 0. The molecule has 1 aromatic carbocycles. The average Bonchev–Trinajstić information content (AvgIpc) is 2.23. The Balaban J connectivity index is 2.17. The van der Waals surface area contributed by atoms with Crippen molar-refractivity contribution in [3.63, 3.8) is 0 Å². The first kappa shape index (κ1) is 9.76. The molecule has 1 aliphatic rings. The maximum absolute atomic E-state index is 2.42. The molecule has 1 fully saturated rings. The Morgan fingerprint density at radius 1 is 1.00 bits per heavy atom. The van der Waals surface area contributed by atoms with Gasteiger partial charge < -0.3 is 0 Å². The van der Waals surface area contributed by atoms with Gasteiger partial charge >= 0.3 is 0 Å². The Kier molecular flexibility index (Phi) is 2.90. The fourth-order valence-electron chi connectivity index (χ4n) is 2.75. The minimum atomic E-state index is 0.806. The minimum absolute atomic E-state index is 0.806. The van der Waals surface area contributed by atoms with Gasteiger partial charge in [0.05, 0.1) is 0 Å². The van der Waals surface area contributed by atoms with E-state index in [-0.39, 0.29) is 0 Å². The molecule has 0 aliphatic heterocycles. The maximum Gasteiger partial charge on any atom is -0.0134 e. The minimum Gasteiger partial charge on any atom is -0.0622 e. The van der Waals surface area contributed by atoms with Crippen LogP contribution in [0.3, 0.4) is 0 Å². The van der Waals surface area contributed by atoms with E-state index in [1.54, 1.807) is 5.56 Å². The van der Waals surface area contributed by atoms with Crippen molar-refractivity contribution in [3.05, 3.63) is 35.9 Å². The first-order valence-electron chi connectivity index (χ1n) is 5.84. The molecule has 0 N–H and O–H groups in total. The predicted octanol–water partition coefficient (Wildman–Crippen LogP) is 4.23. The van der Waals surface area contributed by atoms with Crippen molar-refractivity contribution in [2.75, 3.05) is 0 Å². The molecule has 0 spiro atoms. The average molecular weight is 188 g/mol. The molecule has 0 nitrogen and oxygen atoms in total. The molecule has 1 saturated carbocycles. The van der Waals surface area contributed by atoms with Gasteiger partial charge in [0.2, 0.25) is 0 Å². The molecule has 1 aliphatic carbocycles. The standard InChI is InChI=1S/C14H20/c1-11-7-6-10-14(12(11)2)13-8-4-3-5-9-13/h3-5,8-9,11-12,14H,6-7,10H2,1-2H3. The molecule has 0 saturated heterocycles. The maximum atomic E-state index is 2.42. The highest BCUT2D eigenvalue weighted by molar-refractivity contribution is 5.20. The third-order valence-electron chi connectivity index (χ3n) is 3.93. The third kappa shape index (κ3) is 1.84. The van der Waals surface area contributed by atoms with E-state index < -0.39 is 0 Å². The molecule has 0 bridgehead atoms. The van der Waals surface area contributed by atoms with Crippen LogP contribution in [0.25, 0.3) is 0 Å². The summed E-state index contributed by atoms with van der Waals surface area (Å²) in [4.78, 5) is 0. The van der Waals surface area contributed by atoms with Crippen LogP contribution in [0.5, 0.6) is 0 Å². The number of rotatable bonds is 1. The summed E-state index contributed by atoms with van der Waals surface area (Å²) in [5.74, 6) is 2.56. The normalized spacial score (nSPS) is 32.9. The highest BCUT2D eigenvalue weighted by Gasteiger charge is 2.27. The van der Waals surface area contributed by atoms with Crippen LogP contribution in [0, 0.1) is 11.8 Å². The van der Waals surface area contributed by atoms with Gasteiger partial charge in [-0.3, -0.25) is 0 Å². The van der Waals surface area contributed by atoms with Crippen molar-refractivity contribution in [2.24, 2.45) is 11.8 Å². The zero-order valence-corrected chi connectivity index (χ0v) is 9.24. The van der Waals surface area contributed by atoms with Crippen molar-refractivity contribution >= 4 is 0 Å². The van der Waals surface area contributed by atoms with E-state index in [2.05, 4.69) is 44.2 Å². The highest BCUT2D eigenvalue weighted by atomic mass is 14.3. The van der Waals surface area contributed by atoms with Gasteiger partial charge in [0, 0.05) is 0 Å². The van der Waals surface area contributed by atoms with Crippen LogP contribution in [0.1, 0.15) is 44.6 Å². The topological polar surface area (TPSA) is 0 Å². The van der Waals surface area contributed by atoms with Crippen molar-refractivity contribution < 1.29 is 0 Å². The van der Waals surface area contributed by atoms with Gasteiger partial charge in [0.15, 0.2) is 0 Å². The summed E-state index contributed by atoms with van der Waals surface area (Å²) in [5.41, 5.74) is 1.55. The molecule has 1 aromatic rings. The van der Waals surface area contributed by atoms with Gasteiger partial charge in [-0.25, -0.2) is 0 Å². The predicted molar refractivity (Wildman–Crippen MR) is 61.4 cm³/mol. The van der Waals surface area contributed by atoms with E-state index >= 15 is 0 Å². The van der Waals surface area contributed by atoms with E-state index in [9.17, 15) is 0 Å². The summed E-state index contributed by atoms with van der Waals surface area (Å²) in [6, 6.07) is 11.0. The lowest BCUT2D eigenvalue weighted by Gasteiger charge is -2.34. The summed E-state index contributed by atoms with van der Waals surface area (Å²) in [6.45, 7) is 4.82. The summed E-state index contributed by atoms with van der Waals surface area (Å²) in [6.07, 6.45) is 4.21. The SMILES string of the molecule is CC1CCCC(c2ccccc2)C1C. The molecule has 0 heteroatoms. The zero-order chi connectivity index (χ0) is 9.97. The molecule has 3 atom stereocenters. The summed E-state index contributed by atoms with van der Waals surface area (Å²) < 4.78 is 0. The molecule has 0 aromatic heterocycles.